The Balaban J connectivity index is 1.83. The highest BCUT2D eigenvalue weighted by Crippen LogP contribution is 2.31. The fourth-order valence-corrected chi connectivity index (χ4v) is 2.78. The van der Waals surface area contributed by atoms with E-state index in [0.717, 1.165) is 11.0 Å². The van der Waals surface area contributed by atoms with Crippen molar-refractivity contribution in [2.75, 3.05) is 13.1 Å². The second-order valence-corrected chi connectivity index (χ2v) is 6.32. The second-order valence-electron chi connectivity index (χ2n) is 6.32. The van der Waals surface area contributed by atoms with E-state index in [0.29, 0.717) is 0 Å². The molecule has 0 radical (unpaired) electrons. The van der Waals surface area contributed by atoms with Crippen LogP contribution in [0.2, 0.25) is 0 Å². The molecule has 0 unspecified atom stereocenters. The monoisotopic (exact) mass is 399 g/mol. The zero-order valence-electron chi connectivity index (χ0n) is 14.5. The fraction of sp³-hybridized carbons (Fsp3) is 0.333. The lowest BCUT2D eigenvalue weighted by molar-refractivity contribution is -0.141. The minimum Gasteiger partial charge on any atom is -0.439 e. The number of nitrogens with two attached hydrogens (primary N) is 1. The minimum atomic E-state index is -4.67. The number of ether oxygens (including phenoxy) is 1. The van der Waals surface area contributed by atoms with E-state index in [9.17, 15) is 27.5 Å². The first-order valence-electron chi connectivity index (χ1n) is 8.35. The summed E-state index contributed by atoms with van der Waals surface area (Å²) >= 11 is 0. The van der Waals surface area contributed by atoms with Gasteiger partial charge in [0.2, 0.25) is 5.88 Å². The van der Waals surface area contributed by atoms with Gasteiger partial charge in [0, 0.05) is 24.7 Å². The van der Waals surface area contributed by atoms with Crippen molar-refractivity contribution in [3.05, 3.63) is 53.2 Å². The van der Waals surface area contributed by atoms with Crippen LogP contribution in [0, 0.1) is 0 Å². The molecule has 1 fully saturated rings. The van der Waals surface area contributed by atoms with Crippen molar-refractivity contribution in [1.82, 2.24) is 9.88 Å². The van der Waals surface area contributed by atoms with E-state index in [1.807, 2.05) is 0 Å². The molecular formula is C18H17F4N3O3. The maximum absolute atomic E-state index is 13.4. The SMILES string of the molecule is NCc1cc(Oc2cccc(C(=O)N3C[C@@H](F)[C@@H](O)C3)c2)nc(C(F)(F)F)c1. The number of carbonyl (C=O) groups is 1. The minimum absolute atomic E-state index is 0.0807. The lowest BCUT2D eigenvalue weighted by Gasteiger charge is -2.16. The van der Waals surface area contributed by atoms with Crippen LogP contribution in [0.3, 0.4) is 0 Å². The summed E-state index contributed by atoms with van der Waals surface area (Å²) in [4.78, 5) is 17.0. The van der Waals surface area contributed by atoms with Crippen molar-refractivity contribution in [2.45, 2.75) is 25.0 Å². The Kier molecular flexibility index (Phi) is 5.52. The number of amides is 1. The van der Waals surface area contributed by atoms with Gasteiger partial charge in [0.1, 0.15) is 23.7 Å². The molecule has 1 aromatic carbocycles. The Morgan fingerprint density at radius 3 is 2.64 bits per heavy atom. The summed E-state index contributed by atoms with van der Waals surface area (Å²) < 4.78 is 57.7. The van der Waals surface area contributed by atoms with Crippen molar-refractivity contribution in [1.29, 1.82) is 0 Å². The number of hydrogen-bond acceptors (Lipinski definition) is 5. The van der Waals surface area contributed by atoms with Crippen molar-refractivity contribution < 1.29 is 32.2 Å². The van der Waals surface area contributed by atoms with Crippen LogP contribution in [0.1, 0.15) is 21.6 Å². The van der Waals surface area contributed by atoms with Crippen LogP contribution in [0.5, 0.6) is 11.6 Å². The molecule has 1 aliphatic heterocycles. The van der Waals surface area contributed by atoms with Gasteiger partial charge in [0.15, 0.2) is 0 Å². The first-order valence-corrected chi connectivity index (χ1v) is 8.35. The predicted octanol–water partition coefficient (Wildman–Crippen LogP) is 2.51. The lowest BCUT2D eigenvalue weighted by Crippen LogP contribution is -2.29. The zero-order chi connectivity index (χ0) is 20.5. The molecule has 3 N–H and O–H groups in total. The Labute approximate surface area is 157 Å². The van der Waals surface area contributed by atoms with E-state index >= 15 is 0 Å². The third-order valence-electron chi connectivity index (χ3n) is 4.20. The number of rotatable bonds is 4. The van der Waals surface area contributed by atoms with E-state index in [4.69, 9.17) is 10.5 Å². The van der Waals surface area contributed by atoms with Crippen LogP contribution < -0.4 is 10.5 Å². The quantitative estimate of drug-likeness (QED) is 0.772. The van der Waals surface area contributed by atoms with Gasteiger partial charge < -0.3 is 20.5 Å². The Bertz CT molecular complexity index is 865. The topological polar surface area (TPSA) is 88.7 Å². The number of nitrogens with zero attached hydrogens (tertiary/aromatic N) is 2. The van der Waals surface area contributed by atoms with Crippen molar-refractivity contribution in [2.24, 2.45) is 5.73 Å². The van der Waals surface area contributed by atoms with Gasteiger partial charge in [-0.15, -0.1) is 0 Å². The van der Waals surface area contributed by atoms with Gasteiger partial charge in [-0.2, -0.15) is 13.2 Å². The number of halogens is 4. The summed E-state index contributed by atoms with van der Waals surface area (Å²) in [5.74, 6) is -0.762. The number of pyridine rings is 1. The number of aliphatic hydroxyl groups excluding tert-OH is 1. The smallest absolute Gasteiger partial charge is 0.433 e. The normalized spacial score (nSPS) is 19.7. The Morgan fingerprint density at radius 2 is 2.04 bits per heavy atom. The molecule has 1 saturated heterocycles. The summed E-state index contributed by atoms with van der Waals surface area (Å²) in [7, 11) is 0. The highest BCUT2D eigenvalue weighted by atomic mass is 19.4. The molecule has 0 saturated carbocycles. The number of aliphatic hydroxyl groups is 1. The van der Waals surface area contributed by atoms with Gasteiger partial charge in [-0.25, -0.2) is 9.37 Å². The van der Waals surface area contributed by atoms with Crippen molar-refractivity contribution in [3.8, 4) is 11.6 Å². The van der Waals surface area contributed by atoms with E-state index in [2.05, 4.69) is 4.98 Å². The molecular weight excluding hydrogens is 382 g/mol. The summed E-state index contributed by atoms with van der Waals surface area (Å²) in [6, 6.07) is 7.78. The van der Waals surface area contributed by atoms with Crippen LogP contribution in [0.25, 0.3) is 0 Å². The van der Waals surface area contributed by atoms with Crippen LogP contribution in [0.15, 0.2) is 36.4 Å². The molecule has 6 nitrogen and oxygen atoms in total. The average molecular weight is 399 g/mol. The Morgan fingerprint density at radius 1 is 1.29 bits per heavy atom. The van der Waals surface area contributed by atoms with Crippen LogP contribution in [0.4, 0.5) is 17.6 Å². The van der Waals surface area contributed by atoms with Gasteiger partial charge in [-0.3, -0.25) is 4.79 Å². The molecule has 10 heteroatoms. The summed E-state index contributed by atoms with van der Waals surface area (Å²) in [5.41, 5.74) is 4.62. The summed E-state index contributed by atoms with van der Waals surface area (Å²) in [5, 5.41) is 9.45. The average Bonchev–Trinajstić information content (AvgIpc) is 2.99. The highest BCUT2D eigenvalue weighted by Gasteiger charge is 2.35. The standard InChI is InChI=1S/C18H17F4N3O3/c19-13-8-25(9-14(13)26)17(27)11-2-1-3-12(6-11)28-16-5-10(7-23)4-15(24-16)18(20,21)22/h1-6,13-14,26H,7-9,23H2/t13-,14+/m1/s1. The molecule has 150 valence electrons. The van der Waals surface area contributed by atoms with Gasteiger partial charge in [0.05, 0.1) is 6.54 Å². The summed E-state index contributed by atoms with van der Waals surface area (Å²) in [6.07, 6.45) is -7.43. The number of benzene rings is 1. The zero-order valence-corrected chi connectivity index (χ0v) is 14.5. The molecule has 2 aromatic rings. The lowest BCUT2D eigenvalue weighted by atomic mass is 10.2. The van der Waals surface area contributed by atoms with Gasteiger partial charge in [-0.05, 0) is 29.8 Å². The second kappa shape index (κ2) is 7.72. The van der Waals surface area contributed by atoms with Crippen LogP contribution >= 0.6 is 0 Å². The molecule has 1 amide bonds. The maximum Gasteiger partial charge on any atom is 0.433 e. The first kappa shape index (κ1) is 20.0. The number of β-amino-alcohol motifs (C(OH)–C–C–N with tert-alkyl or cyclic N) is 1. The number of alkyl halides is 4. The Hall–Kier alpha value is -2.72. The molecule has 28 heavy (non-hydrogen) atoms. The third-order valence-corrected chi connectivity index (χ3v) is 4.20. The number of aromatic nitrogens is 1. The molecule has 1 aromatic heterocycles. The largest absolute Gasteiger partial charge is 0.439 e. The number of hydrogen-bond donors (Lipinski definition) is 2. The molecule has 0 spiro atoms. The van der Waals surface area contributed by atoms with E-state index in [1.54, 1.807) is 0 Å². The number of likely N-dealkylation sites (tertiary alicyclic amines) is 1. The predicted molar refractivity (Wildman–Crippen MR) is 90.5 cm³/mol. The van der Waals surface area contributed by atoms with E-state index < -0.39 is 30.1 Å². The van der Waals surface area contributed by atoms with Gasteiger partial charge >= 0.3 is 6.18 Å². The molecule has 2 heterocycles. The molecule has 2 atom stereocenters. The highest BCUT2D eigenvalue weighted by molar-refractivity contribution is 5.94. The van der Waals surface area contributed by atoms with Gasteiger partial charge in [-0.1, -0.05) is 6.07 Å². The maximum atomic E-state index is 13.4. The number of carbonyl (C=O) groups excluding carboxylic acids is 1. The van der Waals surface area contributed by atoms with Crippen molar-refractivity contribution >= 4 is 5.91 Å². The fourth-order valence-electron chi connectivity index (χ4n) is 2.78. The molecule has 3 rings (SSSR count). The molecule has 0 bridgehead atoms. The van der Waals surface area contributed by atoms with E-state index in [1.165, 1.54) is 30.3 Å². The first-order chi connectivity index (χ1) is 13.2. The van der Waals surface area contributed by atoms with Crippen LogP contribution in [-0.4, -0.2) is 46.3 Å². The third kappa shape index (κ3) is 4.39. The van der Waals surface area contributed by atoms with Gasteiger partial charge in [0.25, 0.3) is 5.91 Å². The van der Waals surface area contributed by atoms with Crippen molar-refractivity contribution in [3.63, 3.8) is 0 Å². The van der Waals surface area contributed by atoms with E-state index in [-0.39, 0.29) is 42.4 Å². The van der Waals surface area contributed by atoms with Crippen LogP contribution in [-0.2, 0) is 12.7 Å². The summed E-state index contributed by atoms with van der Waals surface area (Å²) in [6.45, 7) is -0.511. The molecule has 1 aliphatic rings. The molecule has 0 aliphatic carbocycles.